The second-order valence-electron chi connectivity index (χ2n) is 5.45. The van der Waals surface area contributed by atoms with Crippen LogP contribution >= 0.6 is 0 Å². The lowest BCUT2D eigenvalue weighted by molar-refractivity contribution is -0.121. The van der Waals surface area contributed by atoms with Crippen LogP contribution in [0.1, 0.15) is 30.5 Å². The molecule has 128 valence electrons. The number of amides is 1. The van der Waals surface area contributed by atoms with Gasteiger partial charge in [-0.25, -0.2) is 4.39 Å². The lowest BCUT2D eigenvalue weighted by atomic mass is 10.0. The Morgan fingerprint density at radius 3 is 2.33 bits per heavy atom. The van der Waals surface area contributed by atoms with Gasteiger partial charge in [-0.3, -0.25) is 4.79 Å². The van der Waals surface area contributed by atoms with Gasteiger partial charge in [0.2, 0.25) is 5.91 Å². The first kappa shape index (κ1) is 17.8. The second-order valence-corrected chi connectivity index (χ2v) is 5.45. The van der Waals surface area contributed by atoms with Gasteiger partial charge in [-0.15, -0.1) is 0 Å². The molecule has 0 aliphatic carbocycles. The van der Waals surface area contributed by atoms with Crippen LogP contribution in [-0.2, 0) is 11.2 Å². The van der Waals surface area contributed by atoms with Gasteiger partial charge in [0.1, 0.15) is 5.82 Å². The van der Waals surface area contributed by atoms with Gasteiger partial charge < -0.3 is 14.8 Å². The van der Waals surface area contributed by atoms with Crippen LogP contribution in [0, 0.1) is 5.82 Å². The van der Waals surface area contributed by atoms with E-state index in [-0.39, 0.29) is 24.2 Å². The van der Waals surface area contributed by atoms with Gasteiger partial charge in [0.25, 0.3) is 0 Å². The number of methoxy groups -OCH3 is 2. The molecule has 0 unspecified atom stereocenters. The van der Waals surface area contributed by atoms with Crippen molar-refractivity contribution in [1.29, 1.82) is 0 Å². The summed E-state index contributed by atoms with van der Waals surface area (Å²) in [6.07, 6.45) is 0.953. The fourth-order valence-electron chi connectivity index (χ4n) is 2.52. The molecule has 2 rings (SSSR count). The fraction of sp³-hybridized carbons (Fsp3) is 0.316. The Morgan fingerprint density at radius 1 is 1.08 bits per heavy atom. The number of hydrogen-bond acceptors (Lipinski definition) is 3. The van der Waals surface area contributed by atoms with Gasteiger partial charge in [-0.2, -0.15) is 0 Å². The molecule has 1 N–H and O–H groups in total. The van der Waals surface area contributed by atoms with E-state index in [9.17, 15) is 9.18 Å². The largest absolute Gasteiger partial charge is 0.493 e. The van der Waals surface area contributed by atoms with Crippen LogP contribution < -0.4 is 14.8 Å². The zero-order chi connectivity index (χ0) is 17.5. The van der Waals surface area contributed by atoms with Crippen LogP contribution in [0.25, 0.3) is 0 Å². The van der Waals surface area contributed by atoms with Crippen molar-refractivity contribution >= 4 is 5.91 Å². The quantitative estimate of drug-likeness (QED) is 0.842. The molecule has 0 heterocycles. The van der Waals surface area contributed by atoms with Crippen molar-refractivity contribution in [3.05, 3.63) is 59.4 Å². The zero-order valence-electron chi connectivity index (χ0n) is 14.1. The van der Waals surface area contributed by atoms with Crippen molar-refractivity contribution in [2.75, 3.05) is 14.2 Å². The van der Waals surface area contributed by atoms with E-state index in [1.54, 1.807) is 26.4 Å². The smallest absolute Gasteiger partial charge is 0.224 e. The third-order valence-corrected chi connectivity index (χ3v) is 3.83. The molecule has 0 fully saturated rings. The van der Waals surface area contributed by atoms with E-state index in [4.69, 9.17) is 9.47 Å². The highest BCUT2D eigenvalue weighted by molar-refractivity contribution is 5.79. The molecule has 0 radical (unpaired) electrons. The lowest BCUT2D eigenvalue weighted by Crippen LogP contribution is -2.29. The summed E-state index contributed by atoms with van der Waals surface area (Å²) in [5.41, 5.74) is 1.72. The standard InChI is InChI=1S/C19H22FNO3/c1-4-16(14-7-10-17(23-2)18(12-14)24-3)21-19(22)11-13-5-8-15(20)9-6-13/h5-10,12,16H,4,11H2,1-3H3,(H,21,22)/t16-/m0/s1. The molecule has 24 heavy (non-hydrogen) atoms. The highest BCUT2D eigenvalue weighted by atomic mass is 19.1. The molecule has 4 nitrogen and oxygen atoms in total. The Labute approximate surface area is 141 Å². The van der Waals surface area contributed by atoms with Crippen LogP contribution in [0.3, 0.4) is 0 Å². The molecule has 2 aromatic carbocycles. The summed E-state index contributed by atoms with van der Waals surface area (Å²) in [5, 5.41) is 3.01. The first-order valence-corrected chi connectivity index (χ1v) is 7.83. The van der Waals surface area contributed by atoms with Gasteiger partial charge in [-0.1, -0.05) is 25.1 Å². The van der Waals surface area contributed by atoms with E-state index >= 15 is 0 Å². The topological polar surface area (TPSA) is 47.6 Å². The maximum atomic E-state index is 12.9. The first-order chi connectivity index (χ1) is 11.6. The van der Waals surface area contributed by atoms with Crippen molar-refractivity contribution < 1.29 is 18.7 Å². The number of rotatable bonds is 7. The van der Waals surface area contributed by atoms with Crippen molar-refractivity contribution in [2.45, 2.75) is 25.8 Å². The summed E-state index contributed by atoms with van der Waals surface area (Å²) in [7, 11) is 3.16. The maximum absolute atomic E-state index is 12.9. The average Bonchev–Trinajstić information content (AvgIpc) is 2.61. The normalized spacial score (nSPS) is 11.7. The Balaban J connectivity index is 2.08. The average molecular weight is 331 g/mol. The fourth-order valence-corrected chi connectivity index (χ4v) is 2.52. The van der Waals surface area contributed by atoms with Crippen LogP contribution in [-0.4, -0.2) is 20.1 Å². The number of benzene rings is 2. The van der Waals surface area contributed by atoms with Crippen molar-refractivity contribution in [2.24, 2.45) is 0 Å². The minimum Gasteiger partial charge on any atom is -0.493 e. The number of ether oxygens (including phenoxy) is 2. The predicted octanol–water partition coefficient (Wildman–Crippen LogP) is 3.65. The minimum absolute atomic E-state index is 0.108. The summed E-state index contributed by atoms with van der Waals surface area (Å²) >= 11 is 0. The molecule has 0 saturated heterocycles. The summed E-state index contributed by atoms with van der Waals surface area (Å²) in [5.74, 6) is 0.856. The van der Waals surface area contributed by atoms with Crippen molar-refractivity contribution in [3.8, 4) is 11.5 Å². The lowest BCUT2D eigenvalue weighted by Gasteiger charge is -2.19. The summed E-state index contributed by atoms with van der Waals surface area (Å²) in [6, 6.07) is 11.4. The van der Waals surface area contributed by atoms with E-state index in [0.29, 0.717) is 11.5 Å². The maximum Gasteiger partial charge on any atom is 0.224 e. The molecule has 0 saturated carbocycles. The molecule has 5 heteroatoms. The van der Waals surface area contributed by atoms with Gasteiger partial charge in [0.05, 0.1) is 26.7 Å². The zero-order valence-corrected chi connectivity index (χ0v) is 14.1. The Bertz CT molecular complexity index is 686. The van der Waals surface area contributed by atoms with Gasteiger partial charge in [0, 0.05) is 0 Å². The highest BCUT2D eigenvalue weighted by Gasteiger charge is 2.15. The molecular weight excluding hydrogens is 309 g/mol. The van der Waals surface area contributed by atoms with Gasteiger partial charge in [0.15, 0.2) is 11.5 Å². The van der Waals surface area contributed by atoms with Crippen LogP contribution in [0.4, 0.5) is 4.39 Å². The van der Waals surface area contributed by atoms with Gasteiger partial charge >= 0.3 is 0 Å². The number of carbonyl (C=O) groups is 1. The molecule has 0 aliphatic rings. The third-order valence-electron chi connectivity index (χ3n) is 3.83. The first-order valence-electron chi connectivity index (χ1n) is 7.83. The molecular formula is C19H22FNO3. The van der Waals surface area contributed by atoms with Gasteiger partial charge in [-0.05, 0) is 41.8 Å². The van der Waals surface area contributed by atoms with E-state index in [0.717, 1.165) is 17.5 Å². The Morgan fingerprint density at radius 2 is 1.75 bits per heavy atom. The van der Waals surface area contributed by atoms with E-state index in [1.807, 2.05) is 25.1 Å². The molecule has 0 spiro atoms. The van der Waals surface area contributed by atoms with E-state index in [2.05, 4.69) is 5.32 Å². The highest BCUT2D eigenvalue weighted by Crippen LogP contribution is 2.30. The third kappa shape index (κ3) is 4.47. The van der Waals surface area contributed by atoms with E-state index < -0.39 is 0 Å². The molecule has 1 amide bonds. The molecule has 1 atom stereocenters. The molecule has 0 bridgehead atoms. The predicted molar refractivity (Wildman–Crippen MR) is 90.8 cm³/mol. The summed E-state index contributed by atoms with van der Waals surface area (Å²) < 4.78 is 23.5. The van der Waals surface area contributed by atoms with Crippen molar-refractivity contribution in [1.82, 2.24) is 5.32 Å². The monoisotopic (exact) mass is 331 g/mol. The SMILES string of the molecule is CC[C@H](NC(=O)Cc1ccc(F)cc1)c1ccc(OC)c(OC)c1. The van der Waals surface area contributed by atoms with Crippen molar-refractivity contribution in [3.63, 3.8) is 0 Å². The van der Waals surface area contributed by atoms with Crippen LogP contribution in [0.2, 0.25) is 0 Å². The summed E-state index contributed by atoms with van der Waals surface area (Å²) in [6.45, 7) is 2.00. The van der Waals surface area contributed by atoms with Crippen LogP contribution in [0.15, 0.2) is 42.5 Å². The number of nitrogens with one attached hydrogen (secondary N) is 1. The Hall–Kier alpha value is -2.56. The van der Waals surface area contributed by atoms with Crippen LogP contribution in [0.5, 0.6) is 11.5 Å². The molecule has 0 aliphatic heterocycles. The number of hydrogen-bond donors (Lipinski definition) is 1. The number of halogens is 1. The molecule has 0 aromatic heterocycles. The summed E-state index contributed by atoms with van der Waals surface area (Å²) in [4.78, 5) is 12.3. The van der Waals surface area contributed by atoms with E-state index in [1.165, 1.54) is 12.1 Å². The minimum atomic E-state index is -0.309. The number of carbonyl (C=O) groups excluding carboxylic acids is 1. The second kappa shape index (κ2) is 8.34. The molecule has 2 aromatic rings. The Kier molecular flexibility index (Phi) is 6.18.